The quantitative estimate of drug-likeness (QED) is 0.590. The van der Waals surface area contributed by atoms with Gasteiger partial charge < -0.3 is 5.73 Å². The Morgan fingerprint density at radius 1 is 1.67 bits per heavy atom. The maximum absolute atomic E-state index is 10.4. The molecule has 2 amide bonds. The second kappa shape index (κ2) is 3.39. The number of terminal acetylenes is 1. The van der Waals surface area contributed by atoms with Crippen molar-refractivity contribution in [2.24, 2.45) is 5.73 Å². The highest BCUT2D eigenvalue weighted by Crippen LogP contribution is 2.02. The van der Waals surface area contributed by atoms with Crippen LogP contribution in [0.15, 0.2) is 18.3 Å². The van der Waals surface area contributed by atoms with Gasteiger partial charge in [-0.2, -0.15) is 0 Å². The predicted octanol–water partition coefficient (Wildman–Crippen LogP) is 0.554. The number of primary amides is 1. The molecule has 1 aromatic heterocycles. The summed E-state index contributed by atoms with van der Waals surface area (Å²) in [7, 11) is 0. The van der Waals surface area contributed by atoms with E-state index >= 15 is 0 Å². The standard InChI is InChI=1S/C8H7N3O/c1-2-6-3-4-7(10-5-6)11-8(9)12/h1,3-5H,(H3,9,10,11,12). The van der Waals surface area contributed by atoms with Gasteiger partial charge in [-0.3, -0.25) is 5.32 Å². The van der Waals surface area contributed by atoms with E-state index < -0.39 is 6.03 Å². The Morgan fingerprint density at radius 3 is 2.83 bits per heavy atom. The maximum atomic E-state index is 10.4. The molecule has 4 nitrogen and oxygen atoms in total. The number of carbonyl (C=O) groups excluding carboxylic acids is 1. The molecule has 4 heteroatoms. The molecule has 0 aliphatic heterocycles. The zero-order chi connectivity index (χ0) is 8.97. The minimum Gasteiger partial charge on any atom is -0.351 e. The number of nitrogens with two attached hydrogens (primary N) is 1. The molecule has 1 heterocycles. The Hall–Kier alpha value is -2.02. The van der Waals surface area contributed by atoms with Gasteiger partial charge in [0, 0.05) is 11.8 Å². The van der Waals surface area contributed by atoms with Crippen LogP contribution in [-0.2, 0) is 0 Å². The molecule has 0 atom stereocenters. The van der Waals surface area contributed by atoms with Crippen LogP contribution >= 0.6 is 0 Å². The fraction of sp³-hybridized carbons (Fsp3) is 0. The van der Waals surface area contributed by atoms with E-state index in [1.165, 1.54) is 6.20 Å². The molecule has 12 heavy (non-hydrogen) atoms. The first-order valence-corrected chi connectivity index (χ1v) is 3.21. The van der Waals surface area contributed by atoms with Gasteiger partial charge in [0.25, 0.3) is 0 Å². The van der Waals surface area contributed by atoms with Crippen molar-refractivity contribution in [1.29, 1.82) is 0 Å². The van der Waals surface area contributed by atoms with Crippen molar-refractivity contribution in [3.63, 3.8) is 0 Å². The van der Waals surface area contributed by atoms with Gasteiger partial charge in [0.05, 0.1) is 0 Å². The molecule has 0 unspecified atom stereocenters. The van der Waals surface area contributed by atoms with Gasteiger partial charge in [-0.15, -0.1) is 6.42 Å². The van der Waals surface area contributed by atoms with Gasteiger partial charge in [-0.05, 0) is 12.1 Å². The summed E-state index contributed by atoms with van der Waals surface area (Å²) in [5, 5.41) is 2.32. The van der Waals surface area contributed by atoms with Crippen LogP contribution in [-0.4, -0.2) is 11.0 Å². The van der Waals surface area contributed by atoms with Crippen LogP contribution in [0.3, 0.4) is 0 Å². The molecule has 1 aromatic rings. The van der Waals surface area contributed by atoms with Crippen molar-refractivity contribution in [2.75, 3.05) is 5.32 Å². The number of amides is 2. The lowest BCUT2D eigenvalue weighted by Gasteiger charge is -1.98. The Kier molecular flexibility index (Phi) is 2.29. The monoisotopic (exact) mass is 161 g/mol. The maximum Gasteiger partial charge on any atom is 0.317 e. The summed E-state index contributed by atoms with van der Waals surface area (Å²) in [4.78, 5) is 14.2. The van der Waals surface area contributed by atoms with Crippen LogP contribution in [0.4, 0.5) is 10.6 Å². The fourth-order valence-electron chi connectivity index (χ4n) is 0.679. The van der Waals surface area contributed by atoms with Gasteiger partial charge in [-0.1, -0.05) is 5.92 Å². The van der Waals surface area contributed by atoms with Crippen LogP contribution in [0, 0.1) is 12.3 Å². The first-order valence-electron chi connectivity index (χ1n) is 3.21. The summed E-state index contributed by atoms with van der Waals surface area (Å²) < 4.78 is 0. The molecule has 0 saturated heterocycles. The normalized spacial score (nSPS) is 8.58. The Labute approximate surface area is 69.8 Å². The van der Waals surface area contributed by atoms with E-state index in [1.54, 1.807) is 12.1 Å². The lowest BCUT2D eigenvalue weighted by atomic mass is 10.3. The molecule has 60 valence electrons. The number of anilines is 1. The predicted molar refractivity (Wildman–Crippen MR) is 45.4 cm³/mol. The molecule has 3 N–H and O–H groups in total. The van der Waals surface area contributed by atoms with Gasteiger partial charge in [0.1, 0.15) is 5.82 Å². The summed E-state index contributed by atoms with van der Waals surface area (Å²) >= 11 is 0. The number of pyridine rings is 1. The molecule has 0 aliphatic rings. The molecular weight excluding hydrogens is 154 g/mol. The fourth-order valence-corrected chi connectivity index (χ4v) is 0.679. The molecule has 1 rings (SSSR count). The van der Waals surface area contributed by atoms with E-state index in [-0.39, 0.29) is 0 Å². The van der Waals surface area contributed by atoms with E-state index in [0.29, 0.717) is 11.4 Å². The first kappa shape index (κ1) is 8.08. The molecule has 0 radical (unpaired) electrons. The highest BCUT2D eigenvalue weighted by Gasteiger charge is 1.95. The smallest absolute Gasteiger partial charge is 0.317 e. The van der Waals surface area contributed by atoms with Gasteiger partial charge >= 0.3 is 6.03 Å². The third kappa shape index (κ3) is 1.99. The Bertz CT molecular complexity index is 323. The largest absolute Gasteiger partial charge is 0.351 e. The zero-order valence-electron chi connectivity index (χ0n) is 6.24. The number of nitrogens with zero attached hydrogens (tertiary/aromatic N) is 1. The third-order valence-corrected chi connectivity index (χ3v) is 1.18. The summed E-state index contributed by atoms with van der Waals surface area (Å²) in [6, 6.07) is 2.61. The lowest BCUT2D eigenvalue weighted by Crippen LogP contribution is -2.19. The summed E-state index contributed by atoms with van der Waals surface area (Å²) in [6.07, 6.45) is 6.58. The molecule has 0 spiro atoms. The van der Waals surface area contributed by atoms with Crippen molar-refractivity contribution in [1.82, 2.24) is 4.98 Å². The van der Waals surface area contributed by atoms with E-state index in [9.17, 15) is 4.79 Å². The highest BCUT2D eigenvalue weighted by molar-refractivity contribution is 5.86. The molecule has 0 aliphatic carbocycles. The molecule has 0 bridgehead atoms. The van der Waals surface area contributed by atoms with Crippen molar-refractivity contribution in [3.8, 4) is 12.3 Å². The number of aromatic nitrogens is 1. The molecule has 0 aromatic carbocycles. The number of nitrogens with one attached hydrogen (secondary N) is 1. The molecule has 0 saturated carbocycles. The van der Waals surface area contributed by atoms with Crippen molar-refractivity contribution in [2.45, 2.75) is 0 Å². The Balaban J connectivity index is 2.80. The molecular formula is C8H7N3O. The second-order valence-corrected chi connectivity index (χ2v) is 2.07. The second-order valence-electron chi connectivity index (χ2n) is 2.07. The van der Waals surface area contributed by atoms with Crippen LogP contribution in [0.1, 0.15) is 5.56 Å². The number of carbonyl (C=O) groups is 1. The van der Waals surface area contributed by atoms with Gasteiger partial charge in [-0.25, -0.2) is 9.78 Å². The minimum absolute atomic E-state index is 0.390. The Morgan fingerprint density at radius 2 is 2.42 bits per heavy atom. The lowest BCUT2D eigenvalue weighted by molar-refractivity contribution is 0.259. The van der Waals surface area contributed by atoms with Crippen molar-refractivity contribution >= 4 is 11.8 Å². The van der Waals surface area contributed by atoms with Crippen molar-refractivity contribution in [3.05, 3.63) is 23.9 Å². The number of rotatable bonds is 1. The van der Waals surface area contributed by atoms with Crippen molar-refractivity contribution < 1.29 is 4.79 Å². The molecule has 0 fully saturated rings. The van der Waals surface area contributed by atoms with Crippen LogP contribution < -0.4 is 11.1 Å². The minimum atomic E-state index is -0.643. The van der Waals surface area contributed by atoms with E-state index in [0.717, 1.165) is 0 Å². The van der Waals surface area contributed by atoms with Gasteiger partial charge in [0.2, 0.25) is 0 Å². The topological polar surface area (TPSA) is 68.0 Å². The SMILES string of the molecule is C#Cc1ccc(NC(N)=O)nc1. The van der Waals surface area contributed by atoms with Crippen LogP contribution in [0.2, 0.25) is 0 Å². The van der Waals surface area contributed by atoms with Crippen LogP contribution in [0.25, 0.3) is 0 Å². The van der Waals surface area contributed by atoms with Crippen LogP contribution in [0.5, 0.6) is 0 Å². The average molecular weight is 161 g/mol. The number of hydrogen-bond acceptors (Lipinski definition) is 2. The zero-order valence-corrected chi connectivity index (χ0v) is 6.24. The summed E-state index contributed by atoms with van der Waals surface area (Å²) in [6.45, 7) is 0. The number of urea groups is 1. The number of hydrogen-bond donors (Lipinski definition) is 2. The summed E-state index contributed by atoms with van der Waals surface area (Å²) in [5.41, 5.74) is 5.52. The average Bonchev–Trinajstić information content (AvgIpc) is 2.05. The van der Waals surface area contributed by atoms with E-state index in [4.69, 9.17) is 12.2 Å². The summed E-state index contributed by atoms with van der Waals surface area (Å²) in [5.74, 6) is 2.79. The highest BCUT2D eigenvalue weighted by atomic mass is 16.2. The third-order valence-electron chi connectivity index (χ3n) is 1.18. The van der Waals surface area contributed by atoms with Gasteiger partial charge in [0.15, 0.2) is 0 Å². The van der Waals surface area contributed by atoms with E-state index in [2.05, 4.69) is 16.2 Å². The first-order chi connectivity index (χ1) is 5.72. The van der Waals surface area contributed by atoms with E-state index in [1.807, 2.05) is 0 Å².